The molecule has 0 aliphatic carbocycles. The quantitative estimate of drug-likeness (QED) is 0.594. The molecule has 0 unspecified atom stereocenters. The standard InChI is InChI=1S/C12H16BrNO3/c13-5-8-17-11-4-1-3-10(9-11)12(16)14-6-2-7-15/h1,3-4,9,15H,2,5-8H2,(H,14,16). The summed E-state index contributed by atoms with van der Waals surface area (Å²) in [5.74, 6) is 0.530. The monoisotopic (exact) mass is 301 g/mol. The predicted octanol–water partition coefficient (Wildman–Crippen LogP) is 1.57. The van der Waals surface area contributed by atoms with Gasteiger partial charge < -0.3 is 15.2 Å². The van der Waals surface area contributed by atoms with Crippen LogP contribution in [0.15, 0.2) is 24.3 Å². The number of ether oxygens (including phenoxy) is 1. The third kappa shape index (κ3) is 5.19. The summed E-state index contributed by atoms with van der Waals surface area (Å²) in [7, 11) is 0. The summed E-state index contributed by atoms with van der Waals surface area (Å²) in [5, 5.41) is 12.1. The van der Waals surface area contributed by atoms with E-state index in [-0.39, 0.29) is 12.5 Å². The van der Waals surface area contributed by atoms with Crippen LogP contribution in [0.25, 0.3) is 0 Å². The van der Waals surface area contributed by atoms with Gasteiger partial charge in [-0.05, 0) is 24.6 Å². The van der Waals surface area contributed by atoms with Gasteiger partial charge in [0.15, 0.2) is 0 Å². The van der Waals surface area contributed by atoms with Crippen molar-refractivity contribution in [3.05, 3.63) is 29.8 Å². The maximum Gasteiger partial charge on any atom is 0.251 e. The molecule has 94 valence electrons. The summed E-state index contributed by atoms with van der Waals surface area (Å²) in [6.45, 7) is 1.12. The number of halogens is 1. The minimum atomic E-state index is -0.150. The van der Waals surface area contributed by atoms with E-state index in [1.54, 1.807) is 18.2 Å². The molecule has 0 radical (unpaired) electrons. The van der Waals surface area contributed by atoms with E-state index in [1.807, 2.05) is 6.07 Å². The van der Waals surface area contributed by atoms with Gasteiger partial charge in [0.05, 0.1) is 6.61 Å². The Labute approximate surface area is 109 Å². The van der Waals surface area contributed by atoms with Crippen molar-refractivity contribution in [2.75, 3.05) is 25.1 Å². The predicted molar refractivity (Wildman–Crippen MR) is 69.8 cm³/mol. The number of nitrogens with one attached hydrogen (secondary N) is 1. The Hall–Kier alpha value is -1.07. The summed E-state index contributed by atoms with van der Waals surface area (Å²) < 4.78 is 5.40. The van der Waals surface area contributed by atoms with Crippen molar-refractivity contribution in [2.24, 2.45) is 0 Å². The molecule has 0 aliphatic rings. The van der Waals surface area contributed by atoms with Crippen LogP contribution in [0.5, 0.6) is 5.75 Å². The van der Waals surface area contributed by atoms with Gasteiger partial charge in [-0.25, -0.2) is 0 Å². The van der Waals surface area contributed by atoms with E-state index in [1.165, 1.54) is 0 Å². The minimum absolute atomic E-state index is 0.0781. The van der Waals surface area contributed by atoms with Crippen LogP contribution >= 0.6 is 15.9 Å². The normalized spacial score (nSPS) is 10.0. The number of hydrogen-bond acceptors (Lipinski definition) is 3. The molecule has 1 amide bonds. The lowest BCUT2D eigenvalue weighted by Crippen LogP contribution is -2.24. The topological polar surface area (TPSA) is 58.6 Å². The molecule has 0 spiro atoms. The maximum atomic E-state index is 11.7. The second-order valence-electron chi connectivity index (χ2n) is 3.40. The van der Waals surface area contributed by atoms with Crippen molar-refractivity contribution in [3.8, 4) is 5.75 Å². The molecular formula is C12H16BrNO3. The first-order valence-corrected chi connectivity index (χ1v) is 6.58. The number of aliphatic hydroxyl groups is 1. The largest absolute Gasteiger partial charge is 0.493 e. The van der Waals surface area contributed by atoms with Gasteiger partial charge >= 0.3 is 0 Å². The number of carbonyl (C=O) groups excluding carboxylic acids is 1. The van der Waals surface area contributed by atoms with Crippen LogP contribution in [0.4, 0.5) is 0 Å². The van der Waals surface area contributed by atoms with Gasteiger partial charge in [0.25, 0.3) is 5.91 Å². The molecule has 0 fully saturated rings. The third-order valence-electron chi connectivity index (χ3n) is 2.06. The highest BCUT2D eigenvalue weighted by atomic mass is 79.9. The Morgan fingerprint density at radius 3 is 3.00 bits per heavy atom. The van der Waals surface area contributed by atoms with Crippen molar-refractivity contribution < 1.29 is 14.6 Å². The molecule has 0 heterocycles. The SMILES string of the molecule is O=C(NCCCO)c1cccc(OCCBr)c1. The van der Waals surface area contributed by atoms with E-state index in [0.717, 1.165) is 5.33 Å². The molecule has 0 bridgehead atoms. The minimum Gasteiger partial charge on any atom is -0.493 e. The highest BCUT2D eigenvalue weighted by Gasteiger charge is 2.05. The van der Waals surface area contributed by atoms with Gasteiger partial charge in [-0.2, -0.15) is 0 Å². The van der Waals surface area contributed by atoms with Crippen LogP contribution < -0.4 is 10.1 Å². The van der Waals surface area contributed by atoms with E-state index in [0.29, 0.717) is 30.9 Å². The van der Waals surface area contributed by atoms with Crippen molar-refractivity contribution in [1.29, 1.82) is 0 Å². The average Bonchev–Trinajstić information content (AvgIpc) is 2.37. The molecule has 0 aliphatic heterocycles. The molecule has 2 N–H and O–H groups in total. The van der Waals surface area contributed by atoms with E-state index in [2.05, 4.69) is 21.2 Å². The summed E-state index contributed by atoms with van der Waals surface area (Å²) >= 11 is 3.27. The average molecular weight is 302 g/mol. The smallest absolute Gasteiger partial charge is 0.251 e. The number of hydrogen-bond donors (Lipinski definition) is 2. The van der Waals surface area contributed by atoms with Crippen LogP contribution in [0.1, 0.15) is 16.8 Å². The van der Waals surface area contributed by atoms with Crippen molar-refractivity contribution >= 4 is 21.8 Å². The fraction of sp³-hybridized carbons (Fsp3) is 0.417. The number of aliphatic hydroxyl groups excluding tert-OH is 1. The van der Waals surface area contributed by atoms with Crippen LogP contribution in [0.3, 0.4) is 0 Å². The van der Waals surface area contributed by atoms with Gasteiger partial charge in [0.1, 0.15) is 5.75 Å². The van der Waals surface area contributed by atoms with Crippen LogP contribution in [-0.4, -0.2) is 36.1 Å². The van der Waals surface area contributed by atoms with Crippen molar-refractivity contribution in [1.82, 2.24) is 5.32 Å². The van der Waals surface area contributed by atoms with E-state index in [9.17, 15) is 4.79 Å². The maximum absolute atomic E-state index is 11.7. The molecular weight excluding hydrogens is 286 g/mol. The molecule has 1 rings (SSSR count). The van der Waals surface area contributed by atoms with Gasteiger partial charge in [0, 0.05) is 24.0 Å². The Morgan fingerprint density at radius 2 is 2.29 bits per heavy atom. The highest BCUT2D eigenvalue weighted by Crippen LogP contribution is 2.13. The summed E-state index contributed by atoms with van der Waals surface area (Å²) in [6, 6.07) is 7.03. The van der Waals surface area contributed by atoms with E-state index < -0.39 is 0 Å². The Bertz CT molecular complexity index is 357. The van der Waals surface area contributed by atoms with Gasteiger partial charge in [-0.15, -0.1) is 0 Å². The Morgan fingerprint density at radius 1 is 1.47 bits per heavy atom. The molecule has 0 saturated heterocycles. The number of carbonyl (C=O) groups is 1. The molecule has 0 aromatic heterocycles. The lowest BCUT2D eigenvalue weighted by atomic mass is 10.2. The van der Waals surface area contributed by atoms with Gasteiger partial charge in [-0.1, -0.05) is 22.0 Å². The van der Waals surface area contributed by atoms with Crippen LogP contribution in [-0.2, 0) is 0 Å². The first-order valence-electron chi connectivity index (χ1n) is 5.46. The van der Waals surface area contributed by atoms with E-state index in [4.69, 9.17) is 9.84 Å². The number of amides is 1. The lowest BCUT2D eigenvalue weighted by Gasteiger charge is -2.07. The van der Waals surface area contributed by atoms with Crippen LogP contribution in [0.2, 0.25) is 0 Å². The molecule has 0 atom stereocenters. The Balaban J connectivity index is 2.54. The van der Waals surface area contributed by atoms with Crippen LogP contribution in [0, 0.1) is 0 Å². The highest BCUT2D eigenvalue weighted by molar-refractivity contribution is 9.09. The Kier molecular flexibility index (Phi) is 6.65. The lowest BCUT2D eigenvalue weighted by molar-refractivity contribution is 0.0950. The third-order valence-corrected chi connectivity index (χ3v) is 2.39. The number of alkyl halides is 1. The fourth-order valence-corrected chi connectivity index (χ4v) is 1.43. The van der Waals surface area contributed by atoms with Gasteiger partial charge in [0.2, 0.25) is 0 Å². The first-order chi connectivity index (χ1) is 8.27. The number of benzene rings is 1. The zero-order valence-corrected chi connectivity index (χ0v) is 11.1. The second-order valence-corrected chi connectivity index (χ2v) is 4.19. The molecule has 4 nitrogen and oxygen atoms in total. The molecule has 1 aromatic carbocycles. The second kappa shape index (κ2) is 8.08. The van der Waals surface area contributed by atoms with Crippen molar-refractivity contribution in [3.63, 3.8) is 0 Å². The van der Waals surface area contributed by atoms with Gasteiger partial charge in [-0.3, -0.25) is 4.79 Å². The zero-order valence-electron chi connectivity index (χ0n) is 9.49. The molecule has 1 aromatic rings. The molecule has 5 heteroatoms. The summed E-state index contributed by atoms with van der Waals surface area (Å²) in [5.41, 5.74) is 0.565. The molecule has 0 saturated carbocycles. The summed E-state index contributed by atoms with van der Waals surface area (Å²) in [6.07, 6.45) is 0.561. The fourth-order valence-electron chi connectivity index (χ4n) is 1.27. The zero-order chi connectivity index (χ0) is 12.5. The van der Waals surface area contributed by atoms with E-state index >= 15 is 0 Å². The first kappa shape index (κ1) is 14.0. The summed E-state index contributed by atoms with van der Waals surface area (Å²) in [4.78, 5) is 11.7. The number of rotatable bonds is 7. The van der Waals surface area contributed by atoms with Crippen molar-refractivity contribution in [2.45, 2.75) is 6.42 Å². The molecule has 17 heavy (non-hydrogen) atoms.